The largest absolute Gasteiger partial charge is 0.504 e. The quantitative estimate of drug-likeness (QED) is 0.365. The molecular formula is C17H16ClIN2O4. The molecule has 0 aromatic heterocycles. The molecule has 0 aliphatic heterocycles. The molecule has 0 saturated heterocycles. The van der Waals surface area contributed by atoms with Crippen LogP contribution in [0, 0.1) is 3.57 Å². The Morgan fingerprint density at radius 2 is 2.08 bits per heavy atom. The molecule has 8 heteroatoms. The van der Waals surface area contributed by atoms with Gasteiger partial charge in [0.05, 0.1) is 17.8 Å². The Balaban J connectivity index is 1.94. The van der Waals surface area contributed by atoms with E-state index < -0.39 is 5.91 Å². The number of ether oxygens (including phenoxy) is 2. The second-order valence-electron chi connectivity index (χ2n) is 4.79. The van der Waals surface area contributed by atoms with Crippen molar-refractivity contribution < 1.29 is 19.4 Å². The number of benzene rings is 2. The SMILES string of the molecule is CCOc1cc(I)cc(/C=N\NC(=O)COc2ccccc2Cl)c1O. The van der Waals surface area contributed by atoms with Crippen molar-refractivity contribution in [1.29, 1.82) is 0 Å². The molecule has 1 amide bonds. The summed E-state index contributed by atoms with van der Waals surface area (Å²) in [5, 5.41) is 14.4. The summed E-state index contributed by atoms with van der Waals surface area (Å²) in [6, 6.07) is 10.3. The first-order valence-electron chi connectivity index (χ1n) is 7.35. The van der Waals surface area contributed by atoms with Crippen molar-refractivity contribution in [2.75, 3.05) is 13.2 Å². The maximum atomic E-state index is 11.8. The van der Waals surface area contributed by atoms with Crippen LogP contribution in [0.3, 0.4) is 0 Å². The van der Waals surface area contributed by atoms with Gasteiger partial charge in [-0.15, -0.1) is 0 Å². The number of nitrogens with zero attached hydrogens (tertiary/aromatic N) is 1. The summed E-state index contributed by atoms with van der Waals surface area (Å²) >= 11 is 8.04. The minimum Gasteiger partial charge on any atom is -0.504 e. The van der Waals surface area contributed by atoms with E-state index in [-0.39, 0.29) is 12.4 Å². The molecule has 0 aliphatic rings. The summed E-state index contributed by atoms with van der Waals surface area (Å²) in [5.41, 5.74) is 2.76. The van der Waals surface area contributed by atoms with Gasteiger partial charge in [-0.3, -0.25) is 4.79 Å². The lowest BCUT2D eigenvalue weighted by Gasteiger charge is -2.09. The predicted octanol–water partition coefficient (Wildman–Crippen LogP) is 3.58. The van der Waals surface area contributed by atoms with Crippen molar-refractivity contribution in [1.82, 2.24) is 5.43 Å². The minimum atomic E-state index is -0.452. The van der Waals surface area contributed by atoms with E-state index >= 15 is 0 Å². The predicted molar refractivity (Wildman–Crippen MR) is 105 cm³/mol. The van der Waals surface area contributed by atoms with Crippen LogP contribution in [0.4, 0.5) is 0 Å². The van der Waals surface area contributed by atoms with Crippen LogP contribution in [-0.2, 0) is 4.79 Å². The first-order chi connectivity index (χ1) is 12.0. The molecule has 0 bridgehead atoms. The Bertz CT molecular complexity index is 783. The maximum absolute atomic E-state index is 11.8. The van der Waals surface area contributed by atoms with Gasteiger partial charge in [0.2, 0.25) is 0 Å². The van der Waals surface area contributed by atoms with Gasteiger partial charge >= 0.3 is 0 Å². The maximum Gasteiger partial charge on any atom is 0.277 e. The normalized spacial score (nSPS) is 10.7. The molecule has 2 rings (SSSR count). The lowest BCUT2D eigenvalue weighted by molar-refractivity contribution is -0.123. The highest BCUT2D eigenvalue weighted by Gasteiger charge is 2.09. The smallest absolute Gasteiger partial charge is 0.277 e. The summed E-state index contributed by atoms with van der Waals surface area (Å²) in [5.74, 6) is 0.294. The number of rotatable bonds is 7. The first-order valence-corrected chi connectivity index (χ1v) is 8.81. The topological polar surface area (TPSA) is 80.2 Å². The molecule has 0 spiro atoms. The number of hydrogen-bond acceptors (Lipinski definition) is 5. The van der Waals surface area contributed by atoms with E-state index in [1.165, 1.54) is 6.21 Å². The van der Waals surface area contributed by atoms with E-state index in [1.54, 1.807) is 36.4 Å². The van der Waals surface area contributed by atoms with Gasteiger partial charge in [-0.2, -0.15) is 5.10 Å². The van der Waals surface area contributed by atoms with Crippen LogP contribution < -0.4 is 14.9 Å². The molecule has 0 unspecified atom stereocenters. The number of para-hydroxylation sites is 1. The molecule has 6 nitrogen and oxygen atoms in total. The second kappa shape index (κ2) is 9.47. The fourth-order valence-corrected chi connectivity index (χ4v) is 2.68. The van der Waals surface area contributed by atoms with Crippen LogP contribution in [0.15, 0.2) is 41.5 Å². The fraction of sp³-hybridized carbons (Fsp3) is 0.176. The second-order valence-corrected chi connectivity index (χ2v) is 6.44. The molecule has 0 fully saturated rings. The molecule has 0 atom stereocenters. The Hall–Kier alpha value is -2.00. The molecule has 0 aliphatic carbocycles. The molecule has 0 radical (unpaired) electrons. The van der Waals surface area contributed by atoms with Crippen LogP contribution in [0.5, 0.6) is 17.2 Å². The summed E-state index contributed by atoms with van der Waals surface area (Å²) in [6.45, 7) is 2.02. The van der Waals surface area contributed by atoms with Gasteiger partial charge in [-0.05, 0) is 53.8 Å². The fourth-order valence-electron chi connectivity index (χ4n) is 1.87. The van der Waals surface area contributed by atoms with Crippen molar-refractivity contribution in [2.45, 2.75) is 6.92 Å². The number of hydrazone groups is 1. The van der Waals surface area contributed by atoms with Gasteiger partial charge in [-0.1, -0.05) is 23.7 Å². The van der Waals surface area contributed by atoms with Crippen LogP contribution in [0.25, 0.3) is 0 Å². The Kier molecular flexibility index (Phi) is 7.32. The van der Waals surface area contributed by atoms with E-state index in [0.717, 1.165) is 3.57 Å². The van der Waals surface area contributed by atoms with Crippen molar-refractivity contribution in [3.05, 3.63) is 50.6 Å². The Morgan fingerprint density at radius 1 is 1.32 bits per heavy atom. The van der Waals surface area contributed by atoms with Gasteiger partial charge in [0.25, 0.3) is 5.91 Å². The molecular weight excluding hydrogens is 459 g/mol. The molecule has 2 N–H and O–H groups in total. The third kappa shape index (κ3) is 5.79. The Morgan fingerprint density at radius 3 is 2.80 bits per heavy atom. The number of halogens is 2. The number of carbonyl (C=O) groups is 1. The standard InChI is InChI=1S/C17H16ClIN2O4/c1-2-24-15-8-12(19)7-11(17(15)23)9-20-21-16(22)10-25-14-6-4-3-5-13(14)18/h3-9,23H,2,10H2,1H3,(H,21,22)/b20-9-. The van der Waals surface area contributed by atoms with Gasteiger partial charge in [0, 0.05) is 9.13 Å². The number of hydrogen-bond donors (Lipinski definition) is 2. The van der Waals surface area contributed by atoms with Gasteiger partial charge < -0.3 is 14.6 Å². The molecule has 0 saturated carbocycles. The van der Waals surface area contributed by atoms with Crippen molar-refractivity contribution >= 4 is 46.3 Å². The highest BCUT2D eigenvalue weighted by Crippen LogP contribution is 2.31. The van der Waals surface area contributed by atoms with Gasteiger partial charge in [-0.25, -0.2) is 5.43 Å². The third-order valence-corrected chi connectivity index (χ3v) is 3.89. The minimum absolute atomic E-state index is 0.0346. The molecule has 2 aromatic rings. The van der Waals surface area contributed by atoms with Crippen LogP contribution >= 0.6 is 34.2 Å². The van der Waals surface area contributed by atoms with E-state index in [9.17, 15) is 9.90 Å². The van der Waals surface area contributed by atoms with E-state index in [2.05, 4.69) is 33.1 Å². The zero-order valence-electron chi connectivity index (χ0n) is 13.3. The molecule has 132 valence electrons. The van der Waals surface area contributed by atoms with E-state index in [1.807, 2.05) is 6.92 Å². The first kappa shape index (κ1) is 19.3. The molecule has 0 heterocycles. The average Bonchev–Trinajstić information content (AvgIpc) is 2.58. The summed E-state index contributed by atoms with van der Waals surface area (Å²) in [4.78, 5) is 11.8. The van der Waals surface area contributed by atoms with Crippen LogP contribution in [-0.4, -0.2) is 30.4 Å². The highest BCUT2D eigenvalue weighted by molar-refractivity contribution is 14.1. The number of amides is 1. The lowest BCUT2D eigenvalue weighted by Crippen LogP contribution is -2.24. The van der Waals surface area contributed by atoms with E-state index in [4.69, 9.17) is 21.1 Å². The number of carbonyl (C=O) groups excluding carboxylic acids is 1. The third-order valence-electron chi connectivity index (χ3n) is 2.96. The summed E-state index contributed by atoms with van der Waals surface area (Å²) in [7, 11) is 0. The van der Waals surface area contributed by atoms with Crippen molar-refractivity contribution in [3.8, 4) is 17.2 Å². The van der Waals surface area contributed by atoms with Crippen molar-refractivity contribution in [3.63, 3.8) is 0 Å². The summed E-state index contributed by atoms with van der Waals surface area (Å²) in [6.07, 6.45) is 1.34. The lowest BCUT2D eigenvalue weighted by atomic mass is 10.2. The Labute approximate surface area is 163 Å². The zero-order valence-corrected chi connectivity index (χ0v) is 16.2. The van der Waals surface area contributed by atoms with Crippen molar-refractivity contribution in [2.24, 2.45) is 5.10 Å². The zero-order chi connectivity index (χ0) is 18.2. The monoisotopic (exact) mass is 474 g/mol. The number of nitrogens with one attached hydrogen (secondary N) is 1. The number of phenolic OH excluding ortho intramolecular Hbond substituents is 1. The molecule has 2 aromatic carbocycles. The van der Waals surface area contributed by atoms with Crippen LogP contribution in [0.1, 0.15) is 12.5 Å². The van der Waals surface area contributed by atoms with Gasteiger partial charge in [0.15, 0.2) is 18.1 Å². The van der Waals surface area contributed by atoms with Crippen LogP contribution in [0.2, 0.25) is 5.02 Å². The highest BCUT2D eigenvalue weighted by atomic mass is 127. The number of aromatic hydroxyl groups is 1. The van der Waals surface area contributed by atoms with E-state index in [0.29, 0.717) is 28.7 Å². The summed E-state index contributed by atoms with van der Waals surface area (Å²) < 4.78 is 11.5. The number of phenols is 1. The molecule has 25 heavy (non-hydrogen) atoms. The average molecular weight is 475 g/mol. The van der Waals surface area contributed by atoms with Gasteiger partial charge in [0.1, 0.15) is 5.75 Å².